The summed E-state index contributed by atoms with van der Waals surface area (Å²) < 4.78 is 78.5. The fraction of sp³-hybridized carbons (Fsp3) is 0.118. The summed E-state index contributed by atoms with van der Waals surface area (Å²) in [6.07, 6.45) is -2.94. The zero-order valence-corrected chi connectivity index (χ0v) is 15.7. The first-order chi connectivity index (χ1) is 13.0. The molecule has 11 heteroatoms. The van der Waals surface area contributed by atoms with Crippen molar-refractivity contribution in [1.29, 1.82) is 0 Å². The molecule has 1 heterocycles. The number of alkyl halides is 2. The molecular weight excluding hydrogens is 422 g/mol. The molecule has 0 saturated carbocycles. The van der Waals surface area contributed by atoms with Crippen molar-refractivity contribution < 1.29 is 26.0 Å². The van der Waals surface area contributed by atoms with Gasteiger partial charge in [-0.2, -0.15) is 5.10 Å². The molecule has 0 spiro atoms. The van der Waals surface area contributed by atoms with Gasteiger partial charge in [-0.15, -0.1) is 0 Å². The normalized spacial score (nSPS) is 12.0. The molecule has 148 valence electrons. The number of hydrogen-bond donors (Lipinski definition) is 1. The standard InChI is InChI=1S/C17H12ClF4N3O2S/c1-8-4-10(2-3-11(8)18)25-15(7-14(24-25)17(21)22)9-5-12(19)16(13(20)6-9)28(23,26)27/h2-7,17H,1H3,(H2,23,26,27). The number of rotatable bonds is 4. The van der Waals surface area contributed by atoms with Crippen LogP contribution in [-0.2, 0) is 10.0 Å². The molecule has 0 fully saturated rings. The first kappa shape index (κ1) is 20.3. The van der Waals surface area contributed by atoms with E-state index >= 15 is 0 Å². The zero-order valence-electron chi connectivity index (χ0n) is 14.1. The first-order valence-corrected chi connectivity index (χ1v) is 9.58. The van der Waals surface area contributed by atoms with Gasteiger partial charge in [-0.3, -0.25) is 0 Å². The van der Waals surface area contributed by atoms with Crippen LogP contribution in [0.2, 0.25) is 5.02 Å². The highest BCUT2D eigenvalue weighted by Crippen LogP contribution is 2.32. The van der Waals surface area contributed by atoms with Crippen LogP contribution in [-0.4, -0.2) is 18.2 Å². The summed E-state index contributed by atoms with van der Waals surface area (Å²) in [5, 5.41) is 9.03. The molecule has 0 aliphatic carbocycles. The number of primary sulfonamides is 1. The monoisotopic (exact) mass is 433 g/mol. The minimum Gasteiger partial charge on any atom is -0.233 e. The second-order valence-electron chi connectivity index (χ2n) is 5.91. The Bertz CT molecular complexity index is 1160. The van der Waals surface area contributed by atoms with Crippen molar-refractivity contribution in [3.05, 3.63) is 64.3 Å². The van der Waals surface area contributed by atoms with E-state index in [1.807, 2.05) is 0 Å². The third-order valence-electron chi connectivity index (χ3n) is 3.92. The number of nitrogens with zero attached hydrogens (tertiary/aromatic N) is 2. The molecule has 28 heavy (non-hydrogen) atoms. The third-order valence-corrected chi connectivity index (χ3v) is 5.30. The topological polar surface area (TPSA) is 78.0 Å². The maximum absolute atomic E-state index is 14.2. The minimum absolute atomic E-state index is 0.0733. The van der Waals surface area contributed by atoms with E-state index in [9.17, 15) is 26.0 Å². The number of aromatic nitrogens is 2. The molecule has 0 aliphatic rings. The van der Waals surface area contributed by atoms with Crippen LogP contribution in [0.5, 0.6) is 0 Å². The Morgan fingerprint density at radius 3 is 2.21 bits per heavy atom. The lowest BCUT2D eigenvalue weighted by Gasteiger charge is -2.11. The lowest BCUT2D eigenvalue weighted by molar-refractivity contribution is 0.145. The van der Waals surface area contributed by atoms with E-state index in [1.54, 1.807) is 13.0 Å². The number of hydrogen-bond acceptors (Lipinski definition) is 3. The van der Waals surface area contributed by atoms with Gasteiger partial charge in [0.15, 0.2) is 4.90 Å². The lowest BCUT2D eigenvalue weighted by atomic mass is 10.1. The molecule has 0 amide bonds. The fourth-order valence-corrected chi connectivity index (χ4v) is 3.43. The first-order valence-electron chi connectivity index (χ1n) is 7.66. The largest absolute Gasteiger partial charge is 0.282 e. The fourth-order valence-electron chi connectivity index (χ4n) is 2.65. The summed E-state index contributed by atoms with van der Waals surface area (Å²) in [6, 6.07) is 6.90. The molecule has 5 nitrogen and oxygen atoms in total. The molecule has 0 bridgehead atoms. The summed E-state index contributed by atoms with van der Waals surface area (Å²) in [6.45, 7) is 1.68. The van der Waals surface area contributed by atoms with Crippen LogP contribution in [0.15, 0.2) is 41.3 Å². The van der Waals surface area contributed by atoms with E-state index in [2.05, 4.69) is 5.10 Å². The molecule has 0 atom stereocenters. The van der Waals surface area contributed by atoms with E-state index in [-0.39, 0.29) is 11.3 Å². The predicted octanol–water partition coefficient (Wildman–Crippen LogP) is 4.36. The van der Waals surface area contributed by atoms with Gasteiger partial charge in [0.05, 0.1) is 11.4 Å². The van der Waals surface area contributed by atoms with E-state index in [1.165, 1.54) is 12.1 Å². The molecular formula is C17H12ClF4N3O2S. The molecule has 0 radical (unpaired) electrons. The van der Waals surface area contributed by atoms with Gasteiger partial charge in [0.2, 0.25) is 10.0 Å². The van der Waals surface area contributed by atoms with Crippen molar-refractivity contribution in [2.24, 2.45) is 5.14 Å². The number of aryl methyl sites for hydroxylation is 1. The van der Waals surface area contributed by atoms with Crippen LogP contribution in [0.1, 0.15) is 17.7 Å². The van der Waals surface area contributed by atoms with Gasteiger partial charge < -0.3 is 0 Å². The van der Waals surface area contributed by atoms with Crippen LogP contribution >= 0.6 is 11.6 Å². The number of benzene rings is 2. The van der Waals surface area contributed by atoms with Crippen LogP contribution < -0.4 is 5.14 Å². The maximum atomic E-state index is 14.2. The summed E-state index contributed by atoms with van der Waals surface area (Å²) >= 11 is 5.96. The van der Waals surface area contributed by atoms with E-state index in [0.717, 1.165) is 10.7 Å². The lowest BCUT2D eigenvalue weighted by Crippen LogP contribution is -2.16. The van der Waals surface area contributed by atoms with Gasteiger partial charge in [-0.05, 0) is 48.9 Å². The highest BCUT2D eigenvalue weighted by molar-refractivity contribution is 7.89. The van der Waals surface area contributed by atoms with Crippen molar-refractivity contribution >= 4 is 21.6 Å². The van der Waals surface area contributed by atoms with Crippen molar-refractivity contribution in [3.63, 3.8) is 0 Å². The Morgan fingerprint density at radius 2 is 1.71 bits per heavy atom. The Balaban J connectivity index is 2.26. The summed E-state index contributed by atoms with van der Waals surface area (Å²) in [5.41, 5.74) is 0.0467. The summed E-state index contributed by atoms with van der Waals surface area (Å²) in [4.78, 5) is -1.31. The van der Waals surface area contributed by atoms with Gasteiger partial charge in [0.1, 0.15) is 17.3 Å². The molecule has 3 aromatic rings. The van der Waals surface area contributed by atoms with Crippen LogP contribution in [0.3, 0.4) is 0 Å². The third kappa shape index (κ3) is 3.75. The van der Waals surface area contributed by atoms with Gasteiger partial charge in [0, 0.05) is 10.6 Å². The molecule has 0 unspecified atom stereocenters. The van der Waals surface area contributed by atoms with E-state index < -0.39 is 38.7 Å². The van der Waals surface area contributed by atoms with Gasteiger partial charge in [0.25, 0.3) is 6.43 Å². The molecule has 0 saturated heterocycles. The Kier molecular flexibility index (Phi) is 5.22. The molecule has 2 N–H and O–H groups in total. The average Bonchev–Trinajstić information content (AvgIpc) is 3.01. The summed E-state index contributed by atoms with van der Waals surface area (Å²) in [7, 11) is -4.65. The zero-order chi connectivity index (χ0) is 20.8. The molecule has 0 aliphatic heterocycles. The molecule has 1 aromatic heterocycles. The number of nitrogens with two attached hydrogens (primary N) is 1. The van der Waals surface area contributed by atoms with Crippen LogP contribution in [0.4, 0.5) is 17.6 Å². The second kappa shape index (κ2) is 7.19. The van der Waals surface area contributed by atoms with E-state index in [0.29, 0.717) is 28.4 Å². The summed E-state index contributed by atoms with van der Waals surface area (Å²) in [5.74, 6) is -2.90. The van der Waals surface area contributed by atoms with Crippen molar-refractivity contribution in [1.82, 2.24) is 9.78 Å². The Hall–Kier alpha value is -2.43. The van der Waals surface area contributed by atoms with Crippen molar-refractivity contribution in [2.45, 2.75) is 18.2 Å². The average molecular weight is 434 g/mol. The quantitative estimate of drug-likeness (QED) is 0.621. The highest BCUT2D eigenvalue weighted by Gasteiger charge is 2.24. The van der Waals surface area contributed by atoms with E-state index in [4.69, 9.17) is 16.7 Å². The smallest absolute Gasteiger partial charge is 0.233 e. The molecule has 3 rings (SSSR count). The Morgan fingerprint density at radius 1 is 1.11 bits per heavy atom. The second-order valence-corrected chi connectivity index (χ2v) is 7.82. The maximum Gasteiger partial charge on any atom is 0.282 e. The number of sulfonamides is 1. The van der Waals surface area contributed by atoms with Gasteiger partial charge >= 0.3 is 0 Å². The molecule has 2 aromatic carbocycles. The Labute approximate surface area is 162 Å². The number of halogens is 5. The van der Waals surface area contributed by atoms with Crippen LogP contribution in [0.25, 0.3) is 16.9 Å². The van der Waals surface area contributed by atoms with Crippen molar-refractivity contribution in [2.75, 3.05) is 0 Å². The highest BCUT2D eigenvalue weighted by atomic mass is 35.5. The van der Waals surface area contributed by atoms with Crippen LogP contribution in [0, 0.1) is 18.6 Å². The van der Waals surface area contributed by atoms with Gasteiger partial charge in [-0.1, -0.05) is 11.6 Å². The van der Waals surface area contributed by atoms with Crippen molar-refractivity contribution in [3.8, 4) is 16.9 Å². The van der Waals surface area contributed by atoms with Gasteiger partial charge in [-0.25, -0.2) is 35.8 Å². The SMILES string of the molecule is Cc1cc(-n2nc(C(F)F)cc2-c2cc(F)c(S(N)(=O)=O)c(F)c2)ccc1Cl. The minimum atomic E-state index is -4.65. The predicted molar refractivity (Wildman–Crippen MR) is 95.0 cm³/mol.